The molecule has 12 heteroatoms. The van der Waals surface area contributed by atoms with Crippen LogP contribution in [0.25, 0.3) is 5.57 Å². The van der Waals surface area contributed by atoms with Crippen molar-refractivity contribution in [2.24, 2.45) is 0 Å². The number of hydrogen-bond donors (Lipinski definition) is 0. The van der Waals surface area contributed by atoms with E-state index in [2.05, 4.69) is 36.6 Å². The zero-order valence-corrected chi connectivity index (χ0v) is 16.6. The predicted molar refractivity (Wildman–Crippen MR) is 97.9 cm³/mol. The fourth-order valence-corrected chi connectivity index (χ4v) is 4.43. The SMILES string of the molecule is Fc1cc(C2=C3C=CC(Br)=[N+]3[B-](F)(F)n3c(Br)ccc32)ccc1OC(F)(F)F. The molecule has 1 aromatic heterocycles. The molecule has 3 heterocycles. The van der Waals surface area contributed by atoms with Gasteiger partial charge in [0.05, 0.1) is 10.2 Å². The molecule has 4 rings (SSSR count). The summed E-state index contributed by atoms with van der Waals surface area (Å²) in [6.45, 7) is -4.25. The molecule has 28 heavy (non-hydrogen) atoms. The second-order valence-corrected chi connectivity index (χ2v) is 7.60. The van der Waals surface area contributed by atoms with Gasteiger partial charge in [0, 0.05) is 33.8 Å². The Morgan fingerprint density at radius 2 is 1.75 bits per heavy atom. The molecule has 1 aromatic carbocycles. The van der Waals surface area contributed by atoms with Crippen molar-refractivity contribution in [3.05, 3.63) is 69.9 Å². The number of rotatable bonds is 2. The molecule has 2 aromatic rings. The van der Waals surface area contributed by atoms with Gasteiger partial charge in [0.25, 0.3) is 0 Å². The van der Waals surface area contributed by atoms with Crippen LogP contribution in [0.4, 0.5) is 26.2 Å². The van der Waals surface area contributed by atoms with Crippen molar-refractivity contribution in [1.29, 1.82) is 0 Å². The van der Waals surface area contributed by atoms with Gasteiger partial charge in [-0.2, -0.15) is 0 Å². The number of alkyl halides is 3. The van der Waals surface area contributed by atoms with Crippen molar-refractivity contribution in [2.75, 3.05) is 0 Å². The Kier molecular flexibility index (Phi) is 4.34. The number of aromatic nitrogens is 1. The zero-order chi connectivity index (χ0) is 20.4. The van der Waals surface area contributed by atoms with E-state index < -0.39 is 24.9 Å². The summed E-state index contributed by atoms with van der Waals surface area (Å²) in [4.78, 5) is 0. The van der Waals surface area contributed by atoms with Crippen LogP contribution in [0.1, 0.15) is 11.3 Å². The Labute approximate surface area is 170 Å². The Hall–Kier alpha value is -1.95. The highest BCUT2D eigenvalue weighted by Gasteiger charge is 2.54. The number of allylic oxidation sites excluding steroid dienone is 2. The molecule has 2 aliphatic rings. The van der Waals surface area contributed by atoms with E-state index in [4.69, 9.17) is 0 Å². The summed E-state index contributed by atoms with van der Waals surface area (Å²) in [7, 11) is 0. The van der Waals surface area contributed by atoms with Gasteiger partial charge in [0.1, 0.15) is 0 Å². The second-order valence-electron chi connectivity index (χ2n) is 5.98. The van der Waals surface area contributed by atoms with Crippen molar-refractivity contribution in [1.82, 2.24) is 4.48 Å². The van der Waals surface area contributed by atoms with Crippen LogP contribution in [0.3, 0.4) is 0 Å². The molecule has 146 valence electrons. The number of halogens is 8. The maximum Gasteiger partial charge on any atom is 0.738 e. The lowest BCUT2D eigenvalue weighted by atomic mass is 9.86. The summed E-state index contributed by atoms with van der Waals surface area (Å²) in [6.07, 6.45) is -2.20. The van der Waals surface area contributed by atoms with Crippen molar-refractivity contribution in [3.63, 3.8) is 0 Å². The molecular weight excluding hydrogens is 521 g/mol. The van der Waals surface area contributed by atoms with Crippen LogP contribution in [0, 0.1) is 5.82 Å². The summed E-state index contributed by atoms with van der Waals surface area (Å²) in [5, 5.41) is 0. The highest BCUT2D eigenvalue weighted by molar-refractivity contribution is 9.18. The normalized spacial score (nSPS) is 17.9. The number of benzene rings is 1. The van der Waals surface area contributed by atoms with Gasteiger partial charge in [-0.3, -0.25) is 0 Å². The van der Waals surface area contributed by atoms with Crippen molar-refractivity contribution >= 4 is 49.0 Å². The van der Waals surface area contributed by atoms with Crippen LogP contribution in [0.2, 0.25) is 0 Å². The first kappa shape index (κ1) is 19.4. The van der Waals surface area contributed by atoms with Crippen LogP contribution in [0.15, 0.2) is 52.8 Å². The van der Waals surface area contributed by atoms with Gasteiger partial charge < -0.3 is 22.3 Å². The standard InChI is InChI=1S/C16H7BBr2F6N2O/c18-13-5-2-10-15(8-1-4-12(9(20)7-8)28-16(21,22)23)11-3-6-14(19)27(11)17(24,25)26(10)13/h1-7H. The maximum absolute atomic E-state index is 15.1. The second kappa shape index (κ2) is 6.28. The third-order valence-electron chi connectivity index (χ3n) is 4.32. The molecule has 0 aliphatic carbocycles. The first-order chi connectivity index (χ1) is 13.0. The summed E-state index contributed by atoms with van der Waals surface area (Å²) >= 11 is 6.18. The summed E-state index contributed by atoms with van der Waals surface area (Å²) < 4.78 is 86.9. The van der Waals surface area contributed by atoms with Crippen molar-refractivity contribution in [3.8, 4) is 5.75 Å². The Balaban J connectivity index is 1.94. The minimum absolute atomic E-state index is 0.0962. The van der Waals surface area contributed by atoms with Crippen LogP contribution in [-0.2, 0) is 0 Å². The topological polar surface area (TPSA) is 17.2 Å². The van der Waals surface area contributed by atoms with E-state index in [1.807, 2.05) is 0 Å². The molecule has 0 bridgehead atoms. The van der Waals surface area contributed by atoms with Crippen LogP contribution < -0.4 is 4.74 Å². The smallest absolute Gasteiger partial charge is 0.403 e. The molecule has 0 spiro atoms. The lowest BCUT2D eigenvalue weighted by molar-refractivity contribution is -0.358. The zero-order valence-electron chi connectivity index (χ0n) is 13.4. The summed E-state index contributed by atoms with van der Waals surface area (Å²) in [5.74, 6) is -2.27. The van der Waals surface area contributed by atoms with E-state index in [0.29, 0.717) is 0 Å². The molecule has 0 amide bonds. The predicted octanol–water partition coefficient (Wildman–Crippen LogP) is 5.66. The van der Waals surface area contributed by atoms with E-state index in [1.54, 1.807) is 0 Å². The molecule has 0 saturated heterocycles. The largest absolute Gasteiger partial charge is 0.738 e. The van der Waals surface area contributed by atoms with Gasteiger partial charge in [-0.05, 0) is 45.8 Å². The third-order valence-corrected chi connectivity index (χ3v) is 5.61. The monoisotopic (exact) mass is 526 g/mol. The van der Waals surface area contributed by atoms with E-state index in [0.717, 1.165) is 21.1 Å². The van der Waals surface area contributed by atoms with Gasteiger partial charge in [-0.25, -0.2) is 4.39 Å². The molecule has 0 unspecified atom stereocenters. The van der Waals surface area contributed by atoms with E-state index in [-0.39, 0.29) is 31.8 Å². The minimum atomic E-state index is -5.05. The first-order valence-corrected chi connectivity index (χ1v) is 9.28. The molecular formula is C16H7BBr2F6N2O. The average molecular weight is 528 g/mol. The number of fused-ring (bicyclic) bond motifs is 2. The molecule has 0 saturated carbocycles. The molecule has 0 radical (unpaired) electrons. The Morgan fingerprint density at radius 1 is 1.04 bits per heavy atom. The minimum Gasteiger partial charge on any atom is -0.403 e. The average Bonchev–Trinajstić information content (AvgIpc) is 3.14. The number of hydrogen-bond acceptors (Lipinski definition) is 1. The fraction of sp³-hybridized carbons (Fsp3) is 0.0625. The van der Waals surface area contributed by atoms with Crippen LogP contribution >= 0.6 is 31.9 Å². The van der Waals surface area contributed by atoms with Gasteiger partial charge in [0.2, 0.25) is 4.62 Å². The van der Waals surface area contributed by atoms with E-state index >= 15 is 8.63 Å². The lowest BCUT2D eigenvalue weighted by Crippen LogP contribution is -2.50. The lowest BCUT2D eigenvalue weighted by Gasteiger charge is -2.32. The Bertz CT molecular complexity index is 1100. The summed E-state index contributed by atoms with van der Waals surface area (Å²) in [5.41, 5.74) is 0.552. The number of nitrogens with zero attached hydrogens (tertiary/aromatic N) is 2. The maximum atomic E-state index is 15.1. The molecule has 3 nitrogen and oxygen atoms in total. The first-order valence-electron chi connectivity index (χ1n) is 7.70. The number of ether oxygens (including phenoxy) is 1. The fourth-order valence-electron chi connectivity index (χ4n) is 3.29. The molecule has 0 fully saturated rings. The highest BCUT2D eigenvalue weighted by Crippen LogP contribution is 2.42. The van der Waals surface area contributed by atoms with Crippen molar-refractivity contribution < 1.29 is 35.4 Å². The highest BCUT2D eigenvalue weighted by atomic mass is 79.9. The quantitative estimate of drug-likeness (QED) is 0.364. The van der Waals surface area contributed by atoms with Gasteiger partial charge >= 0.3 is 13.3 Å². The van der Waals surface area contributed by atoms with E-state index in [9.17, 15) is 17.6 Å². The molecule has 0 N–H and O–H groups in total. The van der Waals surface area contributed by atoms with Crippen molar-refractivity contribution in [2.45, 2.75) is 6.36 Å². The molecule has 2 aliphatic heterocycles. The van der Waals surface area contributed by atoms with Crippen LogP contribution in [-0.4, -0.2) is 26.9 Å². The third kappa shape index (κ3) is 2.93. The summed E-state index contributed by atoms with van der Waals surface area (Å²) in [6, 6.07) is 5.67. The van der Waals surface area contributed by atoms with E-state index in [1.165, 1.54) is 30.4 Å². The van der Waals surface area contributed by atoms with Gasteiger partial charge in [-0.15, -0.1) is 13.2 Å². The van der Waals surface area contributed by atoms with Gasteiger partial charge in [-0.1, -0.05) is 6.07 Å². The van der Waals surface area contributed by atoms with Gasteiger partial charge in [0.15, 0.2) is 17.3 Å². The van der Waals surface area contributed by atoms with Crippen LogP contribution in [0.5, 0.6) is 5.75 Å². The Morgan fingerprint density at radius 3 is 2.39 bits per heavy atom. The molecule has 0 atom stereocenters.